The molecule has 0 aliphatic rings. The molecule has 7 heteroatoms. The molecule has 3 N–H and O–H groups in total. The van der Waals surface area contributed by atoms with Crippen molar-refractivity contribution < 1.29 is 18.3 Å². The van der Waals surface area contributed by atoms with Crippen LogP contribution in [0.4, 0.5) is 13.2 Å². The third-order valence-corrected chi connectivity index (χ3v) is 2.40. The van der Waals surface area contributed by atoms with E-state index in [4.69, 9.17) is 17.3 Å². The summed E-state index contributed by atoms with van der Waals surface area (Å²) in [6.07, 6.45) is -6.30. The number of halogens is 5. The van der Waals surface area contributed by atoms with E-state index in [1.807, 2.05) is 0 Å². The number of benzene rings is 1. The van der Waals surface area contributed by atoms with Gasteiger partial charge in [-0.05, 0) is 17.7 Å². The van der Waals surface area contributed by atoms with Crippen LogP contribution in [0.15, 0.2) is 24.3 Å². The highest BCUT2D eigenvalue weighted by atomic mass is 35.5. The Hall–Kier alpha value is -0.490. The maximum Gasteiger partial charge on any atom is 0.403 e. The SMILES string of the molecule is Cl.N[C@H](C[C@H](O)c1ccc(Cl)cc1)C(F)(F)F. The fourth-order valence-electron chi connectivity index (χ4n) is 1.20. The second-order valence-corrected chi connectivity index (χ2v) is 3.89. The third-order valence-electron chi connectivity index (χ3n) is 2.15. The first-order chi connectivity index (χ1) is 7.30. The molecule has 0 heterocycles. The molecule has 2 atom stereocenters. The van der Waals surface area contributed by atoms with Crippen LogP contribution in [0.1, 0.15) is 18.1 Å². The molecule has 17 heavy (non-hydrogen) atoms. The van der Waals surface area contributed by atoms with E-state index >= 15 is 0 Å². The number of rotatable bonds is 3. The van der Waals surface area contributed by atoms with Crippen LogP contribution in [0.3, 0.4) is 0 Å². The number of aliphatic hydroxyl groups excluding tert-OH is 1. The summed E-state index contributed by atoms with van der Waals surface area (Å²) >= 11 is 5.61. The van der Waals surface area contributed by atoms with Crippen molar-refractivity contribution in [3.8, 4) is 0 Å². The Balaban J connectivity index is 0.00000256. The molecule has 0 spiro atoms. The molecule has 0 fully saturated rings. The Labute approximate surface area is 108 Å². The van der Waals surface area contributed by atoms with Gasteiger partial charge in [-0.1, -0.05) is 23.7 Å². The molecular formula is C10H12Cl2F3NO. The molecule has 0 saturated carbocycles. The summed E-state index contributed by atoms with van der Waals surface area (Å²) in [7, 11) is 0. The van der Waals surface area contributed by atoms with Crippen LogP contribution in [0.2, 0.25) is 5.02 Å². The Morgan fingerprint density at radius 3 is 2.12 bits per heavy atom. The van der Waals surface area contributed by atoms with Crippen molar-refractivity contribution in [1.29, 1.82) is 0 Å². The van der Waals surface area contributed by atoms with Crippen molar-refractivity contribution in [2.75, 3.05) is 0 Å². The normalized spacial score (nSPS) is 14.9. The lowest BCUT2D eigenvalue weighted by molar-refractivity contribution is -0.153. The number of nitrogens with two attached hydrogens (primary N) is 1. The standard InChI is InChI=1S/C10H11ClF3NO.ClH/c11-7-3-1-6(2-4-7)8(16)5-9(15)10(12,13)14;/h1-4,8-9,16H,5,15H2;1H/t8-,9+;/m0./s1. The van der Waals surface area contributed by atoms with E-state index in [0.717, 1.165) is 0 Å². The van der Waals surface area contributed by atoms with Gasteiger partial charge in [-0.2, -0.15) is 13.2 Å². The highest BCUT2D eigenvalue weighted by molar-refractivity contribution is 6.30. The minimum absolute atomic E-state index is 0. The van der Waals surface area contributed by atoms with Crippen molar-refractivity contribution in [2.24, 2.45) is 5.73 Å². The highest BCUT2D eigenvalue weighted by Gasteiger charge is 2.37. The van der Waals surface area contributed by atoms with Crippen LogP contribution < -0.4 is 5.73 Å². The zero-order valence-electron chi connectivity index (χ0n) is 8.62. The molecule has 1 aromatic carbocycles. The summed E-state index contributed by atoms with van der Waals surface area (Å²) in [6, 6.07) is 3.91. The van der Waals surface area contributed by atoms with Gasteiger partial charge in [0.05, 0.1) is 6.10 Å². The van der Waals surface area contributed by atoms with Gasteiger partial charge in [-0.25, -0.2) is 0 Å². The summed E-state index contributed by atoms with van der Waals surface area (Å²) in [4.78, 5) is 0. The van der Waals surface area contributed by atoms with Gasteiger partial charge in [0.25, 0.3) is 0 Å². The number of alkyl halides is 3. The van der Waals surface area contributed by atoms with Gasteiger partial charge < -0.3 is 10.8 Å². The molecule has 0 aliphatic heterocycles. The average molecular weight is 290 g/mol. The van der Waals surface area contributed by atoms with E-state index in [2.05, 4.69) is 0 Å². The van der Waals surface area contributed by atoms with Crippen LogP contribution in [-0.4, -0.2) is 17.3 Å². The second-order valence-electron chi connectivity index (χ2n) is 3.45. The van der Waals surface area contributed by atoms with Crippen molar-refractivity contribution in [2.45, 2.75) is 24.7 Å². The van der Waals surface area contributed by atoms with Crippen molar-refractivity contribution in [3.05, 3.63) is 34.9 Å². The summed E-state index contributed by atoms with van der Waals surface area (Å²) in [5.74, 6) is 0. The van der Waals surface area contributed by atoms with Gasteiger partial charge in [0.15, 0.2) is 0 Å². The fraction of sp³-hybridized carbons (Fsp3) is 0.400. The Kier molecular flexibility index (Phi) is 6.26. The van der Waals surface area contributed by atoms with E-state index in [9.17, 15) is 18.3 Å². The Morgan fingerprint density at radius 2 is 1.71 bits per heavy atom. The molecule has 0 amide bonds. The van der Waals surface area contributed by atoms with Crippen molar-refractivity contribution >= 4 is 24.0 Å². The smallest absolute Gasteiger partial charge is 0.388 e. The minimum Gasteiger partial charge on any atom is -0.388 e. The van der Waals surface area contributed by atoms with Gasteiger partial charge in [-0.15, -0.1) is 12.4 Å². The van der Waals surface area contributed by atoms with E-state index in [0.29, 0.717) is 10.6 Å². The van der Waals surface area contributed by atoms with Gasteiger partial charge >= 0.3 is 6.18 Å². The monoisotopic (exact) mass is 289 g/mol. The van der Waals surface area contributed by atoms with Crippen LogP contribution >= 0.6 is 24.0 Å². The average Bonchev–Trinajstić information content (AvgIpc) is 2.17. The topological polar surface area (TPSA) is 46.2 Å². The largest absolute Gasteiger partial charge is 0.403 e. The first-order valence-corrected chi connectivity index (χ1v) is 4.94. The lowest BCUT2D eigenvalue weighted by Gasteiger charge is -2.19. The molecule has 0 aliphatic carbocycles. The lowest BCUT2D eigenvalue weighted by atomic mass is 10.0. The highest BCUT2D eigenvalue weighted by Crippen LogP contribution is 2.27. The van der Waals surface area contributed by atoms with E-state index in [1.54, 1.807) is 0 Å². The second kappa shape index (κ2) is 6.44. The maximum absolute atomic E-state index is 12.1. The van der Waals surface area contributed by atoms with Crippen LogP contribution in [0.5, 0.6) is 0 Å². The van der Waals surface area contributed by atoms with Gasteiger partial charge in [0.2, 0.25) is 0 Å². The summed E-state index contributed by atoms with van der Waals surface area (Å²) in [5.41, 5.74) is 5.27. The molecule has 0 bridgehead atoms. The Bertz CT molecular complexity index is 342. The predicted molar refractivity (Wildman–Crippen MR) is 62.3 cm³/mol. The molecular weight excluding hydrogens is 278 g/mol. The van der Waals surface area contributed by atoms with Crippen LogP contribution in [0, 0.1) is 0 Å². The van der Waals surface area contributed by atoms with Crippen LogP contribution in [-0.2, 0) is 0 Å². The van der Waals surface area contributed by atoms with Gasteiger partial charge in [-0.3, -0.25) is 0 Å². The fourth-order valence-corrected chi connectivity index (χ4v) is 1.32. The zero-order valence-corrected chi connectivity index (χ0v) is 10.2. The molecule has 98 valence electrons. The molecule has 1 rings (SSSR count). The number of aliphatic hydroxyl groups is 1. The number of hydrogen-bond donors (Lipinski definition) is 2. The molecule has 0 radical (unpaired) electrons. The lowest BCUT2D eigenvalue weighted by Crippen LogP contribution is -2.38. The van der Waals surface area contributed by atoms with E-state index in [1.165, 1.54) is 24.3 Å². The molecule has 2 nitrogen and oxygen atoms in total. The summed E-state index contributed by atoms with van der Waals surface area (Å²) in [6.45, 7) is 0. The molecule has 1 aromatic rings. The van der Waals surface area contributed by atoms with E-state index in [-0.39, 0.29) is 12.4 Å². The first kappa shape index (κ1) is 16.5. The maximum atomic E-state index is 12.1. The predicted octanol–water partition coefficient (Wildman–Crippen LogP) is 3.07. The third kappa shape index (κ3) is 5.12. The molecule has 0 unspecified atom stereocenters. The number of hydrogen-bond acceptors (Lipinski definition) is 2. The van der Waals surface area contributed by atoms with Crippen molar-refractivity contribution in [3.63, 3.8) is 0 Å². The molecule has 0 aromatic heterocycles. The van der Waals surface area contributed by atoms with Gasteiger partial charge in [0, 0.05) is 11.4 Å². The summed E-state index contributed by atoms with van der Waals surface area (Å²) in [5, 5.41) is 9.98. The first-order valence-electron chi connectivity index (χ1n) is 4.56. The minimum atomic E-state index is -4.49. The van der Waals surface area contributed by atoms with Crippen LogP contribution in [0.25, 0.3) is 0 Å². The van der Waals surface area contributed by atoms with Crippen molar-refractivity contribution in [1.82, 2.24) is 0 Å². The molecule has 0 saturated heterocycles. The van der Waals surface area contributed by atoms with E-state index < -0.39 is 24.7 Å². The Morgan fingerprint density at radius 1 is 1.24 bits per heavy atom. The van der Waals surface area contributed by atoms with Gasteiger partial charge in [0.1, 0.15) is 6.04 Å². The zero-order chi connectivity index (χ0) is 12.3. The summed E-state index contributed by atoms with van der Waals surface area (Å²) < 4.78 is 36.4. The quantitative estimate of drug-likeness (QED) is 0.898.